The van der Waals surface area contributed by atoms with E-state index >= 15 is 0 Å². The molecular weight excluding hydrogens is 404 g/mol. The zero-order valence-electron chi connectivity index (χ0n) is 20.2. The highest BCUT2D eigenvalue weighted by Crippen LogP contribution is 2.60. The van der Waals surface area contributed by atoms with Gasteiger partial charge in [-0.3, -0.25) is 4.79 Å². The number of nitrogens with two attached hydrogens (primary N) is 1. The van der Waals surface area contributed by atoms with Crippen LogP contribution in [0.1, 0.15) is 60.8 Å². The summed E-state index contributed by atoms with van der Waals surface area (Å²) in [5.41, 5.74) is 11.7. The molecule has 0 atom stereocenters. The predicted octanol–water partition coefficient (Wildman–Crippen LogP) is 6.05. The highest BCUT2D eigenvalue weighted by molar-refractivity contribution is 5.95. The van der Waals surface area contributed by atoms with Crippen LogP contribution in [0.15, 0.2) is 48.5 Å². The summed E-state index contributed by atoms with van der Waals surface area (Å²) < 4.78 is 0. The number of rotatable bonds is 8. The van der Waals surface area contributed by atoms with Gasteiger partial charge in [-0.2, -0.15) is 0 Å². The van der Waals surface area contributed by atoms with Gasteiger partial charge in [-0.15, -0.1) is 0 Å². The Morgan fingerprint density at radius 1 is 1.03 bits per heavy atom. The van der Waals surface area contributed by atoms with Gasteiger partial charge < -0.3 is 10.6 Å². The molecule has 0 spiro atoms. The Balaban J connectivity index is 1.14. The number of ketones is 1. The van der Waals surface area contributed by atoms with Crippen LogP contribution in [0, 0.1) is 30.1 Å². The van der Waals surface area contributed by atoms with Gasteiger partial charge in [0.2, 0.25) is 0 Å². The van der Waals surface area contributed by atoms with Crippen molar-refractivity contribution in [1.82, 2.24) is 4.90 Å². The van der Waals surface area contributed by atoms with Gasteiger partial charge in [-0.25, -0.2) is 0 Å². The Kier molecular flexibility index (Phi) is 6.18. The highest BCUT2D eigenvalue weighted by Gasteiger charge is 2.50. The average molecular weight is 443 g/mol. The van der Waals surface area contributed by atoms with E-state index in [1.165, 1.54) is 50.6 Å². The zero-order valence-corrected chi connectivity index (χ0v) is 20.2. The van der Waals surface area contributed by atoms with E-state index in [0.29, 0.717) is 17.5 Å². The molecule has 0 saturated heterocycles. The van der Waals surface area contributed by atoms with Gasteiger partial charge in [0.25, 0.3) is 0 Å². The Morgan fingerprint density at radius 2 is 1.67 bits per heavy atom. The number of hydrogen-bond donors (Lipinski definition) is 1. The van der Waals surface area contributed by atoms with E-state index < -0.39 is 0 Å². The third kappa shape index (κ3) is 5.24. The lowest BCUT2D eigenvalue weighted by atomic mass is 9.49. The lowest BCUT2D eigenvalue weighted by molar-refractivity contribution is -0.113. The molecule has 33 heavy (non-hydrogen) atoms. The summed E-state index contributed by atoms with van der Waals surface area (Å²) in [5.74, 6) is 3.12. The minimum atomic E-state index is 0.0740. The molecule has 4 fully saturated rings. The Hall–Kier alpha value is -2.39. The molecule has 0 heterocycles. The Bertz CT molecular complexity index is 1000. The van der Waals surface area contributed by atoms with E-state index in [9.17, 15) is 4.79 Å². The summed E-state index contributed by atoms with van der Waals surface area (Å²) in [6, 6.07) is 14.5. The number of nitrogen functional groups attached to an aromatic ring is 1. The molecule has 4 saturated carbocycles. The van der Waals surface area contributed by atoms with E-state index in [2.05, 4.69) is 36.2 Å². The van der Waals surface area contributed by atoms with E-state index in [-0.39, 0.29) is 5.78 Å². The van der Waals surface area contributed by atoms with Gasteiger partial charge in [-0.1, -0.05) is 42.5 Å². The molecule has 3 heteroatoms. The third-order valence-corrected chi connectivity index (χ3v) is 8.33. The van der Waals surface area contributed by atoms with Crippen molar-refractivity contribution in [2.75, 3.05) is 19.3 Å². The maximum atomic E-state index is 12.4. The van der Waals surface area contributed by atoms with Crippen LogP contribution in [0.2, 0.25) is 0 Å². The molecule has 2 aromatic rings. The summed E-state index contributed by atoms with van der Waals surface area (Å²) in [5, 5.41) is 0. The highest BCUT2D eigenvalue weighted by atomic mass is 16.1. The second-order valence-corrected chi connectivity index (χ2v) is 11.5. The van der Waals surface area contributed by atoms with Crippen LogP contribution in [0.25, 0.3) is 6.08 Å². The standard InChI is InChI=1S/C30H38N2O/c1-21-3-9-27(29(31)11-21)15-28(33)10-8-22-4-6-23(7-5-22)19-32(2)20-30-16-24-12-25(17-30)14-26(13-24)18-30/h3-11,24-26H,12-20,31H2,1-2H3/b10-8+. The monoisotopic (exact) mass is 442 g/mol. The van der Waals surface area contributed by atoms with Crippen LogP contribution in [-0.4, -0.2) is 24.3 Å². The first kappa shape index (κ1) is 22.4. The lowest BCUT2D eigenvalue weighted by Crippen LogP contribution is -2.50. The average Bonchev–Trinajstić information content (AvgIpc) is 2.74. The first-order chi connectivity index (χ1) is 15.9. The fourth-order valence-electron chi connectivity index (χ4n) is 7.47. The Morgan fingerprint density at radius 3 is 2.27 bits per heavy atom. The summed E-state index contributed by atoms with van der Waals surface area (Å²) in [6.45, 7) is 4.25. The SMILES string of the molecule is Cc1ccc(CC(=O)/C=C/c2ccc(CN(C)CC34CC5CC(CC(C5)C3)C4)cc2)c(N)c1. The van der Waals surface area contributed by atoms with E-state index in [0.717, 1.165) is 41.0 Å². The predicted molar refractivity (Wildman–Crippen MR) is 137 cm³/mol. The first-order valence-corrected chi connectivity index (χ1v) is 12.7. The maximum absolute atomic E-state index is 12.4. The lowest BCUT2D eigenvalue weighted by Gasteiger charge is -2.57. The third-order valence-electron chi connectivity index (χ3n) is 8.33. The number of carbonyl (C=O) groups excluding carboxylic acids is 1. The molecule has 174 valence electrons. The van der Waals surface area contributed by atoms with Crippen LogP contribution in [0.3, 0.4) is 0 Å². The maximum Gasteiger partial charge on any atom is 0.160 e. The van der Waals surface area contributed by atoms with Crippen LogP contribution in [0.4, 0.5) is 5.69 Å². The van der Waals surface area contributed by atoms with Crippen molar-refractivity contribution in [3.63, 3.8) is 0 Å². The second-order valence-electron chi connectivity index (χ2n) is 11.5. The van der Waals surface area contributed by atoms with E-state index in [4.69, 9.17) is 5.73 Å². The number of allylic oxidation sites excluding steroid dienone is 1. The molecule has 4 bridgehead atoms. The normalized spacial score (nSPS) is 28.2. The van der Waals surface area contributed by atoms with Crippen molar-refractivity contribution >= 4 is 17.5 Å². The molecule has 3 nitrogen and oxygen atoms in total. The molecule has 2 aromatic carbocycles. The summed E-state index contributed by atoms with van der Waals surface area (Å²) >= 11 is 0. The Labute approximate surface area is 199 Å². The molecule has 0 amide bonds. The number of benzene rings is 2. The van der Waals surface area contributed by atoms with Gasteiger partial charge in [0.15, 0.2) is 5.78 Å². The molecule has 4 aliphatic carbocycles. The van der Waals surface area contributed by atoms with E-state index in [1.54, 1.807) is 6.08 Å². The van der Waals surface area contributed by atoms with Gasteiger partial charge in [0.1, 0.15) is 0 Å². The minimum Gasteiger partial charge on any atom is -0.398 e. The van der Waals surface area contributed by atoms with Gasteiger partial charge in [0.05, 0.1) is 0 Å². The van der Waals surface area contributed by atoms with Crippen molar-refractivity contribution in [3.8, 4) is 0 Å². The molecule has 0 radical (unpaired) electrons. The van der Waals surface area contributed by atoms with Gasteiger partial charge in [0, 0.05) is 25.2 Å². The summed E-state index contributed by atoms with van der Waals surface area (Å²) in [4.78, 5) is 14.9. The van der Waals surface area contributed by atoms with Gasteiger partial charge in [-0.05, 0) is 110 Å². The van der Waals surface area contributed by atoms with Crippen molar-refractivity contribution in [3.05, 3.63) is 70.8 Å². The molecule has 0 aromatic heterocycles. The van der Waals surface area contributed by atoms with Crippen LogP contribution in [-0.2, 0) is 17.8 Å². The molecule has 6 rings (SSSR count). The summed E-state index contributed by atoms with van der Waals surface area (Å²) in [7, 11) is 2.29. The topological polar surface area (TPSA) is 46.3 Å². The number of aryl methyl sites for hydroxylation is 1. The van der Waals surface area contributed by atoms with Crippen molar-refractivity contribution in [1.29, 1.82) is 0 Å². The molecule has 0 aliphatic heterocycles. The van der Waals surface area contributed by atoms with Gasteiger partial charge >= 0.3 is 0 Å². The smallest absolute Gasteiger partial charge is 0.160 e. The van der Waals surface area contributed by atoms with Crippen LogP contribution < -0.4 is 5.73 Å². The molecular formula is C30H38N2O. The largest absolute Gasteiger partial charge is 0.398 e. The minimum absolute atomic E-state index is 0.0740. The number of carbonyl (C=O) groups is 1. The molecule has 0 unspecified atom stereocenters. The first-order valence-electron chi connectivity index (χ1n) is 12.7. The van der Waals surface area contributed by atoms with Crippen molar-refractivity contribution in [2.24, 2.45) is 23.2 Å². The summed E-state index contributed by atoms with van der Waals surface area (Å²) in [6.07, 6.45) is 12.9. The number of anilines is 1. The van der Waals surface area contributed by atoms with Crippen LogP contribution in [0.5, 0.6) is 0 Å². The van der Waals surface area contributed by atoms with Crippen LogP contribution >= 0.6 is 0 Å². The zero-order chi connectivity index (χ0) is 23.0. The van der Waals surface area contributed by atoms with Crippen molar-refractivity contribution < 1.29 is 4.79 Å². The molecule has 4 aliphatic rings. The number of nitrogens with zero attached hydrogens (tertiary/aromatic N) is 1. The van der Waals surface area contributed by atoms with Crippen molar-refractivity contribution in [2.45, 2.75) is 58.4 Å². The van der Waals surface area contributed by atoms with E-state index in [1.807, 2.05) is 31.2 Å². The number of hydrogen-bond acceptors (Lipinski definition) is 3. The second kappa shape index (κ2) is 9.10. The fourth-order valence-corrected chi connectivity index (χ4v) is 7.47. The fraction of sp³-hybridized carbons (Fsp3) is 0.500. The molecule has 2 N–H and O–H groups in total. The quantitative estimate of drug-likeness (QED) is 0.400.